The number of methoxy groups -OCH3 is 1. The number of aliphatic hydroxyl groups excluding tert-OH is 1. The first-order chi connectivity index (χ1) is 16.0. The third kappa shape index (κ3) is 10.0. The summed E-state index contributed by atoms with van der Waals surface area (Å²) >= 11 is 6.64. The summed E-state index contributed by atoms with van der Waals surface area (Å²) < 4.78 is 10.6. The van der Waals surface area contributed by atoms with E-state index in [1.807, 2.05) is 31.2 Å². The van der Waals surface area contributed by atoms with Crippen LogP contribution in [0.4, 0.5) is 0 Å². The van der Waals surface area contributed by atoms with Gasteiger partial charge in [-0.15, -0.1) is 0 Å². The highest BCUT2D eigenvalue weighted by atomic mass is 35.5. The number of aliphatic hydroxyl groups is 1. The fourth-order valence-electron chi connectivity index (χ4n) is 5.02. The van der Waals surface area contributed by atoms with E-state index in [0.29, 0.717) is 19.3 Å². The number of benzene rings is 1. The standard InChI is InChI=1S/C15H22O4.C12H22BCl/c1-11(8-16)15(17)12(2)9-19-10-13-4-6-14(18-3)7-5-13;14-13(11-7-3-1-4-8-11)12-9-5-2-6-10-12/h4-7,11-12,16H,8-10H2,1-3H3;11-12H,1-10H2/t11-,12-;/m0./s1. The quantitative estimate of drug-likeness (QED) is 0.370. The highest BCUT2D eigenvalue weighted by Gasteiger charge is 2.33. The monoisotopic (exact) mass is 478 g/mol. The number of hydrogen-bond acceptors (Lipinski definition) is 4. The molecule has 3 rings (SSSR count). The maximum Gasteiger partial charge on any atom is 0.256 e. The molecule has 0 radical (unpaired) electrons. The summed E-state index contributed by atoms with van der Waals surface area (Å²) in [5.41, 5.74) is 1.04. The lowest BCUT2D eigenvalue weighted by Crippen LogP contribution is -2.25. The Kier molecular flexibility index (Phi) is 13.5. The molecule has 2 saturated carbocycles. The number of carbonyl (C=O) groups excluding carboxylic acids is 1. The Morgan fingerprint density at radius 3 is 1.94 bits per heavy atom. The van der Waals surface area contributed by atoms with Gasteiger partial charge in [0.1, 0.15) is 11.5 Å². The molecule has 4 nitrogen and oxygen atoms in total. The molecular weight excluding hydrogens is 435 g/mol. The number of hydrogen-bond donors (Lipinski definition) is 1. The molecule has 1 N–H and O–H groups in total. The topological polar surface area (TPSA) is 55.8 Å². The molecule has 0 aromatic heterocycles. The van der Waals surface area contributed by atoms with Gasteiger partial charge in [0.2, 0.25) is 0 Å². The van der Waals surface area contributed by atoms with Crippen LogP contribution in [0.2, 0.25) is 11.6 Å². The molecule has 2 aliphatic rings. The van der Waals surface area contributed by atoms with Crippen molar-refractivity contribution in [3.8, 4) is 5.75 Å². The second-order valence-corrected chi connectivity index (χ2v) is 10.5. The van der Waals surface area contributed by atoms with Gasteiger partial charge >= 0.3 is 0 Å². The third-order valence-electron chi connectivity index (χ3n) is 7.24. The average molecular weight is 479 g/mol. The normalized spacial score (nSPS) is 19.2. The number of carbonyl (C=O) groups is 1. The van der Waals surface area contributed by atoms with Gasteiger partial charge in [0.15, 0.2) is 0 Å². The summed E-state index contributed by atoms with van der Waals surface area (Å²) in [7, 11) is 1.63. The number of rotatable bonds is 10. The van der Waals surface area contributed by atoms with Gasteiger partial charge in [0.05, 0.1) is 26.9 Å². The van der Waals surface area contributed by atoms with E-state index < -0.39 is 0 Å². The molecule has 2 atom stereocenters. The molecule has 0 bridgehead atoms. The van der Waals surface area contributed by atoms with Crippen LogP contribution < -0.4 is 4.74 Å². The van der Waals surface area contributed by atoms with Crippen molar-refractivity contribution < 1.29 is 19.4 Å². The van der Waals surface area contributed by atoms with Gasteiger partial charge in [0, 0.05) is 11.8 Å². The van der Waals surface area contributed by atoms with E-state index >= 15 is 0 Å². The van der Waals surface area contributed by atoms with Crippen molar-refractivity contribution in [3.63, 3.8) is 0 Å². The number of halogens is 1. The van der Waals surface area contributed by atoms with E-state index in [1.54, 1.807) is 14.0 Å². The zero-order chi connectivity index (χ0) is 24.1. The molecule has 33 heavy (non-hydrogen) atoms. The molecule has 186 valence electrons. The molecule has 0 spiro atoms. The minimum atomic E-state index is -0.320. The molecule has 2 fully saturated rings. The van der Waals surface area contributed by atoms with Crippen molar-refractivity contribution in [3.05, 3.63) is 29.8 Å². The molecule has 6 heteroatoms. The minimum absolute atomic E-state index is 0.0391. The Hall–Kier alpha value is -1.04. The van der Waals surface area contributed by atoms with Crippen molar-refractivity contribution in [2.45, 2.75) is 96.3 Å². The van der Waals surface area contributed by atoms with E-state index in [-0.39, 0.29) is 24.2 Å². The van der Waals surface area contributed by atoms with Gasteiger partial charge in [-0.1, -0.05) is 90.2 Å². The second kappa shape index (κ2) is 15.8. The zero-order valence-corrected chi connectivity index (χ0v) is 21.7. The second-order valence-electron chi connectivity index (χ2n) is 9.99. The van der Waals surface area contributed by atoms with Gasteiger partial charge in [-0.05, 0) is 29.3 Å². The number of ketones is 1. The van der Waals surface area contributed by atoms with Crippen molar-refractivity contribution in [2.24, 2.45) is 11.8 Å². The van der Waals surface area contributed by atoms with Crippen molar-refractivity contribution in [2.75, 3.05) is 20.3 Å². The highest BCUT2D eigenvalue weighted by molar-refractivity contribution is 7.08. The first-order valence-corrected chi connectivity index (χ1v) is 13.4. The van der Waals surface area contributed by atoms with Gasteiger partial charge in [-0.3, -0.25) is 4.79 Å². The van der Waals surface area contributed by atoms with Crippen LogP contribution in [0.3, 0.4) is 0 Å². The maximum atomic E-state index is 11.7. The lowest BCUT2D eigenvalue weighted by Gasteiger charge is -2.31. The molecule has 0 amide bonds. The summed E-state index contributed by atoms with van der Waals surface area (Å²) in [6.07, 6.45) is 14.8. The minimum Gasteiger partial charge on any atom is -0.497 e. The lowest BCUT2D eigenvalue weighted by atomic mass is 9.47. The van der Waals surface area contributed by atoms with E-state index in [1.165, 1.54) is 64.2 Å². The first-order valence-electron chi connectivity index (χ1n) is 13.0. The lowest BCUT2D eigenvalue weighted by molar-refractivity contribution is -0.128. The van der Waals surface area contributed by atoms with Crippen LogP contribution in [0.15, 0.2) is 24.3 Å². The smallest absolute Gasteiger partial charge is 0.256 e. The van der Waals surface area contributed by atoms with Crippen LogP contribution in [0.1, 0.15) is 83.6 Å². The predicted octanol–water partition coefficient (Wildman–Crippen LogP) is 6.93. The Balaban J connectivity index is 0.000000243. The van der Waals surface area contributed by atoms with Crippen LogP contribution in [0, 0.1) is 11.8 Å². The summed E-state index contributed by atoms with van der Waals surface area (Å²) in [5.74, 6) is 2.04. The molecule has 0 unspecified atom stereocenters. The Labute approximate surface area is 206 Å². The molecular formula is C27H44BClO4. The third-order valence-corrected chi connectivity index (χ3v) is 7.95. The Morgan fingerprint density at radius 1 is 0.970 bits per heavy atom. The van der Waals surface area contributed by atoms with Crippen molar-refractivity contribution in [1.82, 2.24) is 0 Å². The van der Waals surface area contributed by atoms with E-state index in [9.17, 15) is 4.79 Å². The Morgan fingerprint density at radius 2 is 1.48 bits per heavy atom. The summed E-state index contributed by atoms with van der Waals surface area (Å²) in [6.45, 7) is 4.27. The van der Waals surface area contributed by atoms with Crippen molar-refractivity contribution >= 4 is 23.4 Å². The summed E-state index contributed by atoms with van der Waals surface area (Å²) in [4.78, 5) is 11.7. The van der Waals surface area contributed by atoms with Crippen LogP contribution >= 0.6 is 11.5 Å². The molecule has 0 aliphatic heterocycles. The zero-order valence-electron chi connectivity index (χ0n) is 20.9. The highest BCUT2D eigenvalue weighted by Crippen LogP contribution is 2.42. The maximum absolute atomic E-state index is 11.7. The van der Waals surface area contributed by atoms with Crippen LogP contribution in [0.25, 0.3) is 0 Å². The summed E-state index contributed by atoms with van der Waals surface area (Å²) in [5, 5.41) is 8.93. The predicted molar refractivity (Wildman–Crippen MR) is 138 cm³/mol. The van der Waals surface area contributed by atoms with Crippen molar-refractivity contribution in [1.29, 1.82) is 0 Å². The van der Waals surface area contributed by atoms with Gasteiger partial charge in [-0.25, -0.2) is 0 Å². The first kappa shape index (κ1) is 28.2. The summed E-state index contributed by atoms with van der Waals surface area (Å²) in [6, 6.07) is 7.62. The largest absolute Gasteiger partial charge is 0.497 e. The Bertz CT molecular complexity index is 639. The van der Waals surface area contributed by atoms with E-state index in [2.05, 4.69) is 0 Å². The molecule has 1 aromatic rings. The number of Topliss-reactive ketones (excluding diaryl/α,β-unsaturated/α-hetero) is 1. The average Bonchev–Trinajstić information content (AvgIpc) is 2.89. The van der Waals surface area contributed by atoms with Crippen LogP contribution in [-0.4, -0.2) is 37.3 Å². The van der Waals surface area contributed by atoms with Gasteiger partial charge in [0.25, 0.3) is 6.13 Å². The molecule has 0 saturated heterocycles. The van der Waals surface area contributed by atoms with E-state index in [4.69, 9.17) is 26.0 Å². The molecule has 2 aliphatic carbocycles. The SMILES string of the molecule is COc1ccc(COC[C@H](C)C(=O)[C@@H](C)CO)cc1.ClB(C1CCCCC1)C1CCCCC1. The van der Waals surface area contributed by atoms with Gasteiger partial charge in [-0.2, -0.15) is 11.5 Å². The molecule has 1 aromatic carbocycles. The van der Waals surface area contributed by atoms with Gasteiger partial charge < -0.3 is 14.6 Å². The fraction of sp³-hybridized carbons (Fsp3) is 0.741. The molecule has 0 heterocycles. The number of ether oxygens (including phenoxy) is 2. The van der Waals surface area contributed by atoms with Crippen LogP contribution in [-0.2, 0) is 16.1 Å². The van der Waals surface area contributed by atoms with E-state index in [0.717, 1.165) is 22.9 Å². The van der Waals surface area contributed by atoms with Crippen LogP contribution in [0.5, 0.6) is 5.75 Å². The fourth-order valence-corrected chi connectivity index (χ4v) is 5.53.